The number of phenols is 1. The van der Waals surface area contributed by atoms with E-state index in [2.05, 4.69) is 4.74 Å². The molecule has 0 aromatic heterocycles. The second kappa shape index (κ2) is 3.85. The predicted octanol–water partition coefficient (Wildman–Crippen LogP) is 2.64. The Morgan fingerprint density at radius 1 is 1.19 bits per heavy atom. The molecule has 0 aliphatic carbocycles. The van der Waals surface area contributed by atoms with E-state index in [0.29, 0.717) is 0 Å². The van der Waals surface area contributed by atoms with Crippen molar-refractivity contribution in [3.63, 3.8) is 0 Å². The van der Waals surface area contributed by atoms with Crippen LogP contribution in [0.1, 0.15) is 15.9 Å². The largest absolute Gasteiger partial charge is 0.507 e. The van der Waals surface area contributed by atoms with Gasteiger partial charge in [0.05, 0.1) is 7.11 Å². The number of hydrogen-bond donors (Lipinski definition) is 1. The number of hydrogen-bond acceptors (Lipinski definition) is 3. The maximum atomic E-state index is 11.4. The van der Waals surface area contributed by atoms with Crippen LogP contribution in [0, 0.1) is 6.92 Å². The van der Waals surface area contributed by atoms with E-state index in [4.69, 9.17) is 0 Å². The van der Waals surface area contributed by atoms with Crippen molar-refractivity contribution in [1.82, 2.24) is 0 Å². The highest BCUT2D eigenvalue weighted by Crippen LogP contribution is 2.26. The lowest BCUT2D eigenvalue weighted by Crippen LogP contribution is -2.01. The summed E-state index contributed by atoms with van der Waals surface area (Å²) < 4.78 is 4.59. The first-order chi connectivity index (χ1) is 7.61. The van der Waals surface area contributed by atoms with Gasteiger partial charge in [-0.2, -0.15) is 0 Å². The van der Waals surface area contributed by atoms with Crippen LogP contribution < -0.4 is 0 Å². The summed E-state index contributed by atoms with van der Waals surface area (Å²) in [5.74, 6) is -0.579. The molecule has 0 radical (unpaired) electrons. The monoisotopic (exact) mass is 216 g/mol. The summed E-state index contributed by atoms with van der Waals surface area (Å²) >= 11 is 0. The average molecular weight is 216 g/mol. The third-order valence-electron chi connectivity index (χ3n) is 2.52. The van der Waals surface area contributed by atoms with Gasteiger partial charge in [-0.1, -0.05) is 23.8 Å². The Morgan fingerprint density at radius 3 is 2.62 bits per heavy atom. The van der Waals surface area contributed by atoms with E-state index < -0.39 is 5.97 Å². The number of rotatable bonds is 1. The van der Waals surface area contributed by atoms with Gasteiger partial charge in [0.1, 0.15) is 11.3 Å². The van der Waals surface area contributed by atoms with Gasteiger partial charge in [-0.3, -0.25) is 0 Å². The Morgan fingerprint density at radius 2 is 1.94 bits per heavy atom. The summed E-state index contributed by atoms with van der Waals surface area (Å²) in [6, 6.07) is 9.04. The molecule has 0 amide bonds. The van der Waals surface area contributed by atoms with Crippen molar-refractivity contribution >= 4 is 16.7 Å². The van der Waals surface area contributed by atoms with Crippen molar-refractivity contribution < 1.29 is 14.6 Å². The third-order valence-corrected chi connectivity index (χ3v) is 2.52. The molecule has 0 aliphatic heterocycles. The third kappa shape index (κ3) is 1.72. The number of aromatic hydroxyl groups is 1. The van der Waals surface area contributed by atoms with Crippen molar-refractivity contribution in [2.24, 2.45) is 0 Å². The van der Waals surface area contributed by atoms with E-state index in [1.54, 1.807) is 12.1 Å². The maximum Gasteiger partial charge on any atom is 0.341 e. The summed E-state index contributed by atoms with van der Waals surface area (Å²) in [6.07, 6.45) is 0. The lowest BCUT2D eigenvalue weighted by molar-refractivity contribution is 0.0597. The quantitative estimate of drug-likeness (QED) is 0.745. The smallest absolute Gasteiger partial charge is 0.341 e. The number of methoxy groups -OCH3 is 1. The molecule has 82 valence electrons. The van der Waals surface area contributed by atoms with Crippen LogP contribution in [0.5, 0.6) is 5.75 Å². The minimum atomic E-state index is -0.528. The van der Waals surface area contributed by atoms with Crippen LogP contribution in [-0.4, -0.2) is 18.2 Å². The molecule has 3 nitrogen and oxygen atoms in total. The first-order valence-electron chi connectivity index (χ1n) is 4.93. The molecule has 0 saturated heterocycles. The Kier molecular flexibility index (Phi) is 2.52. The average Bonchev–Trinajstić information content (AvgIpc) is 2.27. The zero-order chi connectivity index (χ0) is 11.7. The fraction of sp³-hybridized carbons (Fsp3) is 0.154. The van der Waals surface area contributed by atoms with Crippen LogP contribution in [-0.2, 0) is 4.74 Å². The van der Waals surface area contributed by atoms with Gasteiger partial charge < -0.3 is 9.84 Å². The number of fused-ring (bicyclic) bond motifs is 1. The summed E-state index contributed by atoms with van der Waals surface area (Å²) in [6.45, 7) is 1.98. The normalized spacial score (nSPS) is 10.4. The van der Waals surface area contributed by atoms with Crippen LogP contribution in [0.15, 0.2) is 30.3 Å². The Labute approximate surface area is 93.3 Å². The van der Waals surface area contributed by atoms with Crippen LogP contribution in [0.4, 0.5) is 0 Å². The van der Waals surface area contributed by atoms with Crippen LogP contribution >= 0.6 is 0 Å². The maximum absolute atomic E-state index is 11.4. The fourth-order valence-electron chi connectivity index (χ4n) is 1.68. The Hall–Kier alpha value is -2.03. The van der Waals surface area contributed by atoms with E-state index in [1.165, 1.54) is 7.11 Å². The Bertz CT molecular complexity index is 558. The number of phenolic OH excluding ortho intramolecular Hbond substituents is 1. The molecular weight excluding hydrogens is 204 g/mol. The topological polar surface area (TPSA) is 46.5 Å². The molecule has 0 bridgehead atoms. The molecule has 1 N–H and O–H groups in total. The number of benzene rings is 2. The van der Waals surface area contributed by atoms with Gasteiger partial charge in [-0.25, -0.2) is 4.79 Å². The lowest BCUT2D eigenvalue weighted by Gasteiger charge is -2.05. The second-order valence-electron chi connectivity index (χ2n) is 3.71. The van der Waals surface area contributed by atoms with Gasteiger partial charge in [0, 0.05) is 0 Å². The second-order valence-corrected chi connectivity index (χ2v) is 3.71. The standard InChI is InChI=1S/C13H12O3/c1-8-3-4-9-6-11(13(15)16-2)12(14)7-10(9)5-8/h3-7,14H,1-2H3. The minimum Gasteiger partial charge on any atom is -0.507 e. The molecule has 2 rings (SSSR count). The molecule has 0 saturated carbocycles. The number of carbonyl (C=O) groups is 1. The minimum absolute atomic E-state index is 0.0510. The fourth-order valence-corrected chi connectivity index (χ4v) is 1.68. The van der Waals surface area contributed by atoms with Crippen LogP contribution in [0.2, 0.25) is 0 Å². The molecule has 2 aromatic carbocycles. The molecular formula is C13H12O3. The molecule has 3 heteroatoms. The van der Waals surface area contributed by atoms with Gasteiger partial charge in [0.2, 0.25) is 0 Å². The van der Waals surface area contributed by atoms with Crippen molar-refractivity contribution in [2.45, 2.75) is 6.92 Å². The van der Waals surface area contributed by atoms with E-state index in [-0.39, 0.29) is 11.3 Å². The van der Waals surface area contributed by atoms with E-state index in [9.17, 15) is 9.90 Å². The van der Waals surface area contributed by atoms with Crippen LogP contribution in [0.25, 0.3) is 10.8 Å². The number of carbonyl (C=O) groups excluding carboxylic acids is 1. The number of esters is 1. The first-order valence-corrected chi connectivity index (χ1v) is 4.93. The van der Waals surface area contributed by atoms with E-state index >= 15 is 0 Å². The van der Waals surface area contributed by atoms with Gasteiger partial charge in [0.15, 0.2) is 0 Å². The molecule has 0 fully saturated rings. The van der Waals surface area contributed by atoms with Gasteiger partial charge in [-0.15, -0.1) is 0 Å². The highest BCUT2D eigenvalue weighted by Gasteiger charge is 2.12. The zero-order valence-electron chi connectivity index (χ0n) is 9.15. The molecule has 0 unspecified atom stereocenters. The van der Waals surface area contributed by atoms with Gasteiger partial charge >= 0.3 is 5.97 Å². The highest BCUT2D eigenvalue weighted by atomic mass is 16.5. The van der Waals surface area contributed by atoms with E-state index in [0.717, 1.165) is 16.3 Å². The van der Waals surface area contributed by atoms with Gasteiger partial charge in [-0.05, 0) is 29.8 Å². The summed E-state index contributed by atoms with van der Waals surface area (Å²) in [7, 11) is 1.29. The molecule has 0 aliphatic rings. The predicted molar refractivity (Wildman–Crippen MR) is 61.7 cm³/mol. The first kappa shape index (κ1) is 10.5. The van der Waals surface area contributed by atoms with Crippen LogP contribution in [0.3, 0.4) is 0 Å². The van der Waals surface area contributed by atoms with Crippen molar-refractivity contribution in [2.75, 3.05) is 7.11 Å². The molecule has 16 heavy (non-hydrogen) atoms. The summed E-state index contributed by atoms with van der Waals surface area (Å²) in [5, 5.41) is 11.5. The molecule has 0 heterocycles. The summed E-state index contributed by atoms with van der Waals surface area (Å²) in [4.78, 5) is 11.4. The lowest BCUT2D eigenvalue weighted by atomic mass is 10.0. The van der Waals surface area contributed by atoms with Gasteiger partial charge in [0.25, 0.3) is 0 Å². The zero-order valence-corrected chi connectivity index (χ0v) is 9.15. The molecule has 2 aromatic rings. The highest BCUT2D eigenvalue weighted by molar-refractivity contribution is 5.98. The number of aryl methyl sites for hydroxylation is 1. The summed E-state index contributed by atoms with van der Waals surface area (Å²) in [5.41, 5.74) is 1.30. The Balaban J connectivity index is 2.67. The molecule has 0 atom stereocenters. The van der Waals surface area contributed by atoms with E-state index in [1.807, 2.05) is 25.1 Å². The van der Waals surface area contributed by atoms with Crippen molar-refractivity contribution in [3.05, 3.63) is 41.5 Å². The number of ether oxygens (including phenoxy) is 1. The molecule has 0 spiro atoms. The van der Waals surface area contributed by atoms with Crippen molar-refractivity contribution in [1.29, 1.82) is 0 Å². The SMILES string of the molecule is COC(=O)c1cc2ccc(C)cc2cc1O. The van der Waals surface area contributed by atoms with Crippen molar-refractivity contribution in [3.8, 4) is 5.75 Å².